The second-order valence-electron chi connectivity index (χ2n) is 13.8. The minimum atomic E-state index is -0.150. The lowest BCUT2D eigenvalue weighted by Gasteiger charge is -2.27. The lowest BCUT2D eigenvalue weighted by atomic mass is 9.82. The Labute approximate surface area is 296 Å². The fourth-order valence-corrected chi connectivity index (χ4v) is 7.80. The molecule has 1 aromatic heterocycles. The number of hydrogen-bond donors (Lipinski definition) is 0. The molecule has 1 aliphatic heterocycles. The summed E-state index contributed by atoms with van der Waals surface area (Å²) in [5.41, 5.74) is 11.3. The van der Waals surface area contributed by atoms with Crippen molar-refractivity contribution in [2.24, 2.45) is 0 Å². The van der Waals surface area contributed by atoms with Crippen LogP contribution in [0.1, 0.15) is 25.0 Å². The normalized spacial score (nSPS) is 13.4. The fraction of sp³-hybridized carbons (Fsp3) is 0.0638. The third kappa shape index (κ3) is 4.68. The van der Waals surface area contributed by atoms with Gasteiger partial charge in [0.2, 0.25) is 0 Å². The molecule has 2 aliphatic rings. The summed E-state index contributed by atoms with van der Waals surface area (Å²) in [4.78, 5) is 10.3. The van der Waals surface area contributed by atoms with Gasteiger partial charge >= 0.3 is 0 Å². The van der Waals surface area contributed by atoms with Gasteiger partial charge in [0, 0.05) is 33.2 Å². The molecule has 0 unspecified atom stereocenters. The number of rotatable bonds is 4. The summed E-state index contributed by atoms with van der Waals surface area (Å²) in [7, 11) is 0. The fourth-order valence-electron chi connectivity index (χ4n) is 7.80. The molecule has 2 heterocycles. The van der Waals surface area contributed by atoms with Crippen molar-refractivity contribution in [3.05, 3.63) is 169 Å². The SMILES string of the molecule is CC1(C)c2ccccc2-c2c1ccc1c2Oc2c(cccc2-c2ccccc2-c2cc(-c3ccc4ccccc4c3)nc(-c3ccccc3)n2)O1. The first kappa shape index (κ1) is 29.4. The molecule has 8 aromatic rings. The summed E-state index contributed by atoms with van der Waals surface area (Å²) in [6, 6.07) is 54.6. The molecule has 0 radical (unpaired) electrons. The molecule has 1 aliphatic carbocycles. The van der Waals surface area contributed by atoms with Gasteiger partial charge in [0.15, 0.2) is 28.8 Å². The highest BCUT2D eigenvalue weighted by Gasteiger charge is 2.40. The molecule has 4 heteroatoms. The van der Waals surface area contributed by atoms with Crippen LogP contribution < -0.4 is 9.47 Å². The monoisotopic (exact) mass is 656 g/mol. The molecule has 0 fully saturated rings. The van der Waals surface area contributed by atoms with Crippen molar-refractivity contribution in [2.45, 2.75) is 19.3 Å². The Hall–Kier alpha value is -6.52. The Balaban J connectivity index is 1.14. The molecule has 0 saturated carbocycles. The standard InChI is InChI=1S/C47H32N2O2/c1-47(2)37-21-11-10-19-36(37)43-38(47)25-26-42-45(43)51-44-35(20-12-22-41(44)50-42)33-17-8-9-18-34(33)40-28-39(48-46(49-40)30-14-4-3-5-15-30)32-24-23-29-13-6-7-16-31(29)27-32/h3-28H,1-2H3. The first-order valence-electron chi connectivity index (χ1n) is 17.3. The van der Waals surface area contributed by atoms with Crippen LogP contribution in [0.25, 0.3) is 66.9 Å². The zero-order chi connectivity index (χ0) is 34.1. The Morgan fingerprint density at radius 3 is 1.98 bits per heavy atom. The van der Waals surface area contributed by atoms with Gasteiger partial charge in [-0.2, -0.15) is 0 Å². The van der Waals surface area contributed by atoms with E-state index in [-0.39, 0.29) is 5.41 Å². The van der Waals surface area contributed by atoms with Gasteiger partial charge < -0.3 is 9.47 Å². The molecule has 0 saturated heterocycles. The number of para-hydroxylation sites is 1. The van der Waals surface area contributed by atoms with Gasteiger partial charge in [-0.15, -0.1) is 0 Å². The Morgan fingerprint density at radius 2 is 1.12 bits per heavy atom. The quantitative estimate of drug-likeness (QED) is 0.189. The van der Waals surface area contributed by atoms with Crippen molar-refractivity contribution in [3.63, 3.8) is 0 Å². The Bertz CT molecular complexity index is 2680. The lowest BCUT2D eigenvalue weighted by molar-refractivity contribution is 0.361. The minimum absolute atomic E-state index is 0.150. The van der Waals surface area contributed by atoms with Gasteiger partial charge in [-0.1, -0.05) is 147 Å². The second-order valence-corrected chi connectivity index (χ2v) is 13.8. The maximum absolute atomic E-state index is 7.02. The van der Waals surface area contributed by atoms with E-state index in [2.05, 4.69) is 135 Å². The maximum atomic E-state index is 7.02. The number of hydrogen-bond acceptors (Lipinski definition) is 4. The molecule has 4 nitrogen and oxygen atoms in total. The van der Waals surface area contributed by atoms with E-state index in [0.29, 0.717) is 17.3 Å². The predicted octanol–water partition coefficient (Wildman–Crippen LogP) is 12.5. The van der Waals surface area contributed by atoms with E-state index in [1.807, 2.05) is 36.4 Å². The van der Waals surface area contributed by atoms with Crippen LogP contribution >= 0.6 is 0 Å². The maximum Gasteiger partial charge on any atom is 0.178 e. The van der Waals surface area contributed by atoms with Crippen LogP contribution in [0.2, 0.25) is 0 Å². The third-order valence-corrected chi connectivity index (χ3v) is 10.4. The lowest BCUT2D eigenvalue weighted by Crippen LogP contribution is -2.15. The molecule has 0 N–H and O–H groups in total. The summed E-state index contributed by atoms with van der Waals surface area (Å²) in [6.07, 6.45) is 0. The molecule has 0 amide bonds. The van der Waals surface area contributed by atoms with Crippen molar-refractivity contribution in [2.75, 3.05) is 0 Å². The Kier molecular flexibility index (Phi) is 6.49. The van der Waals surface area contributed by atoms with E-state index in [1.165, 1.54) is 27.5 Å². The van der Waals surface area contributed by atoms with Crippen molar-refractivity contribution >= 4 is 10.8 Å². The molecule has 51 heavy (non-hydrogen) atoms. The van der Waals surface area contributed by atoms with Crippen molar-refractivity contribution in [1.29, 1.82) is 0 Å². The first-order chi connectivity index (χ1) is 25.0. The van der Waals surface area contributed by atoms with Crippen molar-refractivity contribution < 1.29 is 9.47 Å². The minimum Gasteiger partial charge on any atom is -0.449 e. The molecule has 0 bridgehead atoms. The van der Waals surface area contributed by atoms with E-state index in [1.54, 1.807) is 0 Å². The van der Waals surface area contributed by atoms with Crippen LogP contribution in [0.4, 0.5) is 0 Å². The second kappa shape index (κ2) is 11.3. The van der Waals surface area contributed by atoms with E-state index in [9.17, 15) is 0 Å². The van der Waals surface area contributed by atoms with Gasteiger partial charge in [0.25, 0.3) is 0 Å². The summed E-state index contributed by atoms with van der Waals surface area (Å²) >= 11 is 0. The van der Waals surface area contributed by atoms with Gasteiger partial charge in [0.05, 0.1) is 11.4 Å². The van der Waals surface area contributed by atoms with Crippen LogP contribution in [-0.4, -0.2) is 9.97 Å². The van der Waals surface area contributed by atoms with Crippen LogP contribution in [0, 0.1) is 0 Å². The number of fused-ring (bicyclic) bond motifs is 7. The molecule has 242 valence electrons. The largest absolute Gasteiger partial charge is 0.449 e. The molecule has 0 atom stereocenters. The van der Waals surface area contributed by atoms with Gasteiger partial charge in [-0.3, -0.25) is 0 Å². The topological polar surface area (TPSA) is 44.2 Å². The highest BCUT2D eigenvalue weighted by Crippen LogP contribution is 2.59. The molecule has 7 aromatic carbocycles. The molecular weight excluding hydrogens is 625 g/mol. The summed E-state index contributed by atoms with van der Waals surface area (Å²) in [5.74, 6) is 3.54. The predicted molar refractivity (Wildman–Crippen MR) is 205 cm³/mol. The summed E-state index contributed by atoms with van der Waals surface area (Å²) in [6.45, 7) is 4.56. The first-order valence-corrected chi connectivity index (χ1v) is 17.3. The highest BCUT2D eigenvalue weighted by atomic mass is 16.6. The van der Waals surface area contributed by atoms with E-state index < -0.39 is 0 Å². The zero-order valence-electron chi connectivity index (χ0n) is 28.2. The van der Waals surface area contributed by atoms with Crippen LogP contribution in [0.3, 0.4) is 0 Å². The van der Waals surface area contributed by atoms with E-state index >= 15 is 0 Å². The summed E-state index contributed by atoms with van der Waals surface area (Å²) < 4.78 is 13.6. The van der Waals surface area contributed by atoms with E-state index in [0.717, 1.165) is 56.3 Å². The van der Waals surface area contributed by atoms with Gasteiger partial charge in [-0.05, 0) is 57.3 Å². The zero-order valence-corrected chi connectivity index (χ0v) is 28.2. The van der Waals surface area contributed by atoms with Crippen LogP contribution in [0.5, 0.6) is 23.0 Å². The smallest absolute Gasteiger partial charge is 0.178 e. The molecule has 10 rings (SSSR count). The number of aromatic nitrogens is 2. The number of nitrogens with zero attached hydrogens (tertiary/aromatic N) is 2. The third-order valence-electron chi connectivity index (χ3n) is 10.4. The number of ether oxygens (including phenoxy) is 2. The average molecular weight is 657 g/mol. The average Bonchev–Trinajstić information content (AvgIpc) is 3.43. The van der Waals surface area contributed by atoms with E-state index in [4.69, 9.17) is 19.4 Å². The highest BCUT2D eigenvalue weighted by molar-refractivity contribution is 5.92. The van der Waals surface area contributed by atoms with Gasteiger partial charge in [0.1, 0.15) is 0 Å². The summed E-state index contributed by atoms with van der Waals surface area (Å²) in [5, 5.41) is 2.36. The van der Waals surface area contributed by atoms with Gasteiger partial charge in [-0.25, -0.2) is 9.97 Å². The number of benzene rings is 7. The van der Waals surface area contributed by atoms with Crippen LogP contribution in [0.15, 0.2) is 158 Å². The van der Waals surface area contributed by atoms with Crippen molar-refractivity contribution in [3.8, 4) is 79.2 Å². The molecule has 0 spiro atoms. The van der Waals surface area contributed by atoms with Crippen LogP contribution in [-0.2, 0) is 5.41 Å². The van der Waals surface area contributed by atoms with Crippen molar-refractivity contribution in [1.82, 2.24) is 9.97 Å². The molecular formula is C47H32N2O2. The Morgan fingerprint density at radius 1 is 0.431 bits per heavy atom.